The zero-order chi connectivity index (χ0) is 18.1. The van der Waals surface area contributed by atoms with Crippen LogP contribution in [0.1, 0.15) is 23.6 Å². The predicted molar refractivity (Wildman–Crippen MR) is 91.8 cm³/mol. The molecule has 0 saturated carbocycles. The highest BCUT2D eigenvalue weighted by Crippen LogP contribution is 2.33. The van der Waals surface area contributed by atoms with Gasteiger partial charge in [-0.25, -0.2) is 0 Å². The Labute approximate surface area is 140 Å². The summed E-state index contributed by atoms with van der Waals surface area (Å²) in [6.07, 6.45) is 0.456. The lowest BCUT2D eigenvalue weighted by Gasteiger charge is -2.09. The highest BCUT2D eigenvalue weighted by molar-refractivity contribution is 7.85. The molecule has 0 aromatic heterocycles. The molecular weight excluding hydrogens is 330 g/mol. The van der Waals surface area contributed by atoms with E-state index < -0.39 is 10.1 Å². The third kappa shape index (κ3) is 3.72. The number of aryl methyl sites for hydroxylation is 3. The summed E-state index contributed by atoms with van der Waals surface area (Å²) in [5.74, 6) is 0.0589. The Hall–Kier alpha value is -2.45. The fraction of sp³-hybridized carbons (Fsp3) is 0.250. The molecule has 0 aliphatic heterocycles. The largest absolute Gasteiger partial charge is 0.508 e. The molecule has 4 N–H and O–H groups in total. The smallest absolute Gasteiger partial charge is 0.294 e. The van der Waals surface area contributed by atoms with E-state index in [1.54, 1.807) is 32.9 Å². The van der Waals surface area contributed by atoms with E-state index in [1.807, 2.05) is 0 Å². The van der Waals surface area contributed by atoms with E-state index in [4.69, 9.17) is 5.73 Å². The average Bonchev–Trinajstić information content (AvgIpc) is 2.49. The molecule has 24 heavy (non-hydrogen) atoms. The summed E-state index contributed by atoms with van der Waals surface area (Å²) in [7, 11) is -4.35. The molecule has 2 rings (SSSR count). The van der Waals surface area contributed by atoms with Crippen LogP contribution in [0.15, 0.2) is 39.4 Å². The number of hydrogen-bond acceptors (Lipinski definition) is 6. The molecule has 0 aliphatic rings. The second kappa shape index (κ2) is 6.58. The van der Waals surface area contributed by atoms with Gasteiger partial charge in [0.05, 0.1) is 16.3 Å². The van der Waals surface area contributed by atoms with Crippen molar-refractivity contribution in [2.24, 2.45) is 10.2 Å². The Kier molecular flexibility index (Phi) is 4.91. The number of phenols is 1. The quantitative estimate of drug-likeness (QED) is 0.439. The zero-order valence-corrected chi connectivity index (χ0v) is 14.4. The van der Waals surface area contributed by atoms with Gasteiger partial charge in [0.25, 0.3) is 10.1 Å². The van der Waals surface area contributed by atoms with Crippen LogP contribution in [0.5, 0.6) is 5.75 Å². The van der Waals surface area contributed by atoms with Gasteiger partial charge in [-0.15, -0.1) is 5.11 Å². The Balaban J connectivity index is 2.52. The maximum absolute atomic E-state index is 11.5. The maximum Gasteiger partial charge on any atom is 0.294 e. The zero-order valence-electron chi connectivity index (χ0n) is 13.6. The third-order valence-corrected chi connectivity index (χ3v) is 4.58. The first-order chi connectivity index (χ1) is 11.1. The molecule has 0 spiro atoms. The summed E-state index contributed by atoms with van der Waals surface area (Å²) >= 11 is 0. The average molecular weight is 349 g/mol. The van der Waals surface area contributed by atoms with E-state index in [2.05, 4.69) is 10.2 Å². The lowest BCUT2D eigenvalue weighted by Crippen LogP contribution is -2.03. The molecule has 7 nitrogen and oxygen atoms in total. The van der Waals surface area contributed by atoms with Gasteiger partial charge in [0.15, 0.2) is 0 Å². The van der Waals surface area contributed by atoms with Crippen molar-refractivity contribution in [2.45, 2.75) is 32.1 Å². The van der Waals surface area contributed by atoms with Crippen molar-refractivity contribution in [2.75, 3.05) is 5.73 Å². The van der Waals surface area contributed by atoms with Crippen molar-refractivity contribution in [1.82, 2.24) is 0 Å². The fourth-order valence-corrected chi connectivity index (χ4v) is 3.05. The summed E-state index contributed by atoms with van der Waals surface area (Å²) in [5, 5.41) is 17.7. The molecule has 2 aromatic rings. The summed E-state index contributed by atoms with van der Waals surface area (Å²) < 4.78 is 32.4. The van der Waals surface area contributed by atoms with Gasteiger partial charge in [-0.2, -0.15) is 13.5 Å². The van der Waals surface area contributed by atoms with Crippen LogP contribution in [0.3, 0.4) is 0 Å². The topological polar surface area (TPSA) is 125 Å². The van der Waals surface area contributed by atoms with E-state index in [0.29, 0.717) is 28.9 Å². The summed E-state index contributed by atoms with van der Waals surface area (Å²) in [4.78, 5) is -0.181. The minimum atomic E-state index is -4.35. The number of azo groups is 1. The number of aromatic hydroxyl groups is 1. The molecular formula is C16H19N3O4S. The summed E-state index contributed by atoms with van der Waals surface area (Å²) in [6.45, 7) is 5.27. The molecule has 128 valence electrons. The summed E-state index contributed by atoms with van der Waals surface area (Å²) in [6, 6.07) is 5.90. The number of nitrogens with two attached hydrogens (primary N) is 1. The van der Waals surface area contributed by atoms with Crippen molar-refractivity contribution in [3.8, 4) is 5.75 Å². The molecule has 0 saturated heterocycles. The van der Waals surface area contributed by atoms with E-state index in [-0.39, 0.29) is 16.3 Å². The van der Waals surface area contributed by atoms with Crippen molar-refractivity contribution < 1.29 is 18.1 Å². The van der Waals surface area contributed by atoms with Gasteiger partial charge >= 0.3 is 0 Å². The minimum Gasteiger partial charge on any atom is -0.508 e. The van der Waals surface area contributed by atoms with Crippen LogP contribution in [0, 0.1) is 13.8 Å². The maximum atomic E-state index is 11.5. The van der Waals surface area contributed by atoms with E-state index in [0.717, 1.165) is 5.56 Å². The number of benzene rings is 2. The molecule has 0 fully saturated rings. The van der Waals surface area contributed by atoms with Crippen LogP contribution in [0.4, 0.5) is 17.1 Å². The van der Waals surface area contributed by atoms with Gasteiger partial charge in [-0.05, 0) is 49.1 Å². The molecule has 0 atom stereocenters. The van der Waals surface area contributed by atoms with Gasteiger partial charge in [-0.1, -0.05) is 13.0 Å². The first kappa shape index (κ1) is 17.9. The first-order valence-electron chi connectivity index (χ1n) is 7.25. The van der Waals surface area contributed by atoms with Crippen molar-refractivity contribution in [3.05, 3.63) is 41.0 Å². The first-order valence-corrected chi connectivity index (χ1v) is 8.69. The van der Waals surface area contributed by atoms with Crippen LogP contribution in [0.25, 0.3) is 0 Å². The van der Waals surface area contributed by atoms with Gasteiger partial charge in [0.1, 0.15) is 11.4 Å². The number of nitrogens with zero attached hydrogens (tertiary/aromatic N) is 2. The lowest BCUT2D eigenvalue weighted by molar-refractivity contribution is 0.471. The lowest BCUT2D eigenvalue weighted by atomic mass is 10.1. The van der Waals surface area contributed by atoms with Crippen molar-refractivity contribution in [1.29, 1.82) is 0 Å². The molecule has 2 aromatic carbocycles. The number of anilines is 1. The minimum absolute atomic E-state index is 0.0589. The second-order valence-corrected chi connectivity index (χ2v) is 6.86. The fourth-order valence-electron chi connectivity index (χ4n) is 2.25. The summed E-state index contributed by atoms with van der Waals surface area (Å²) in [5.41, 5.74) is 8.53. The van der Waals surface area contributed by atoms with E-state index in [9.17, 15) is 18.1 Å². The Morgan fingerprint density at radius 3 is 2.25 bits per heavy atom. The molecule has 0 radical (unpaired) electrons. The van der Waals surface area contributed by atoms with Gasteiger partial charge in [0, 0.05) is 6.07 Å². The number of phenolic OH excluding ortho intramolecular Hbond substituents is 1. The Bertz CT molecular complexity index is 921. The molecule has 0 heterocycles. The molecule has 8 heteroatoms. The normalized spacial score (nSPS) is 12.0. The van der Waals surface area contributed by atoms with Crippen LogP contribution >= 0.6 is 0 Å². The van der Waals surface area contributed by atoms with Crippen molar-refractivity contribution >= 4 is 27.2 Å². The number of nitrogen functional groups attached to an aromatic ring is 1. The van der Waals surface area contributed by atoms with Gasteiger partial charge in [0.2, 0.25) is 0 Å². The molecule has 0 amide bonds. The second-order valence-electron chi connectivity index (χ2n) is 5.47. The van der Waals surface area contributed by atoms with Crippen LogP contribution in [-0.4, -0.2) is 18.1 Å². The molecule has 0 unspecified atom stereocenters. The highest BCUT2D eigenvalue weighted by Gasteiger charge is 2.17. The van der Waals surface area contributed by atoms with Crippen LogP contribution in [-0.2, 0) is 16.5 Å². The van der Waals surface area contributed by atoms with Gasteiger partial charge < -0.3 is 10.8 Å². The van der Waals surface area contributed by atoms with Crippen LogP contribution in [0.2, 0.25) is 0 Å². The van der Waals surface area contributed by atoms with Crippen LogP contribution < -0.4 is 5.73 Å². The molecule has 0 bridgehead atoms. The standard InChI is InChI=1S/C16H19N3O4S/c1-4-11-5-9(2)13(8-16(11)24(21,22)23)18-19-14-6-10(3)15(20)7-12(14)17/h5-8,20H,4,17H2,1-3H3,(H,21,22,23)/b19-18+. The SMILES string of the molecule is CCc1cc(C)c(/N=N/c2cc(C)c(O)cc2N)cc1S(=O)(=O)O. The number of rotatable bonds is 4. The number of hydrogen-bond donors (Lipinski definition) is 3. The Morgan fingerprint density at radius 2 is 1.67 bits per heavy atom. The highest BCUT2D eigenvalue weighted by atomic mass is 32.2. The van der Waals surface area contributed by atoms with E-state index >= 15 is 0 Å². The third-order valence-electron chi connectivity index (χ3n) is 3.65. The Morgan fingerprint density at radius 1 is 1.04 bits per heavy atom. The monoisotopic (exact) mass is 349 g/mol. The molecule has 0 aliphatic carbocycles. The predicted octanol–water partition coefficient (Wildman–Crippen LogP) is 3.82. The van der Waals surface area contributed by atoms with Gasteiger partial charge in [-0.3, -0.25) is 4.55 Å². The van der Waals surface area contributed by atoms with E-state index in [1.165, 1.54) is 12.1 Å². The van der Waals surface area contributed by atoms with Crippen molar-refractivity contribution in [3.63, 3.8) is 0 Å².